The van der Waals surface area contributed by atoms with Gasteiger partial charge < -0.3 is 15.4 Å². The van der Waals surface area contributed by atoms with Crippen LogP contribution in [0.15, 0.2) is 46.9 Å². The molecule has 29 heavy (non-hydrogen) atoms. The highest BCUT2D eigenvalue weighted by Crippen LogP contribution is 2.25. The Balaban J connectivity index is 1.92. The number of ether oxygens (including phenoxy) is 1. The second-order valence-electron chi connectivity index (χ2n) is 6.34. The molecule has 8 heteroatoms. The van der Waals surface area contributed by atoms with Crippen LogP contribution < -0.4 is 20.7 Å². The topological polar surface area (TPSA) is 79.5 Å². The Morgan fingerprint density at radius 2 is 1.79 bits per heavy atom. The maximum absolute atomic E-state index is 12.4. The smallest absolute Gasteiger partial charge is 0.257 e. The third kappa shape index (κ3) is 7.47. The molecule has 0 aromatic heterocycles. The summed E-state index contributed by atoms with van der Waals surface area (Å²) in [5, 5.41) is 8.63. The number of carbonyl (C=O) groups is 2. The van der Waals surface area contributed by atoms with Crippen molar-refractivity contribution in [1.29, 1.82) is 0 Å². The van der Waals surface area contributed by atoms with E-state index in [0.717, 1.165) is 19.3 Å². The van der Waals surface area contributed by atoms with Gasteiger partial charge in [0, 0.05) is 23.4 Å². The van der Waals surface area contributed by atoms with Gasteiger partial charge in [0.05, 0.1) is 11.6 Å². The molecule has 2 aromatic rings. The van der Waals surface area contributed by atoms with Gasteiger partial charge in [-0.3, -0.25) is 14.9 Å². The van der Waals surface area contributed by atoms with E-state index < -0.39 is 0 Å². The van der Waals surface area contributed by atoms with E-state index in [1.165, 1.54) is 0 Å². The van der Waals surface area contributed by atoms with Crippen LogP contribution in [0, 0.1) is 0 Å². The van der Waals surface area contributed by atoms with Crippen molar-refractivity contribution in [3.63, 3.8) is 0 Å². The van der Waals surface area contributed by atoms with E-state index in [1.54, 1.807) is 49.6 Å². The first kappa shape index (κ1) is 22.8. The van der Waals surface area contributed by atoms with Crippen LogP contribution in [0.3, 0.4) is 0 Å². The predicted molar refractivity (Wildman–Crippen MR) is 124 cm³/mol. The van der Waals surface area contributed by atoms with Gasteiger partial charge in [-0.2, -0.15) is 0 Å². The molecule has 0 bridgehead atoms. The molecule has 2 rings (SSSR count). The summed E-state index contributed by atoms with van der Waals surface area (Å²) >= 11 is 8.58. The van der Waals surface area contributed by atoms with E-state index in [0.29, 0.717) is 33.6 Å². The minimum atomic E-state index is -0.341. The summed E-state index contributed by atoms with van der Waals surface area (Å²) in [4.78, 5) is 24.3. The molecular weight excluding hydrogens is 454 g/mol. The summed E-state index contributed by atoms with van der Waals surface area (Å²) < 4.78 is 5.83. The average Bonchev–Trinajstić information content (AvgIpc) is 2.68. The summed E-state index contributed by atoms with van der Waals surface area (Å²) in [6.07, 6.45) is 3.48. The first-order valence-corrected chi connectivity index (χ1v) is 10.5. The maximum Gasteiger partial charge on any atom is 0.257 e. The lowest BCUT2D eigenvalue weighted by atomic mass is 10.2. The molecule has 3 N–H and O–H groups in total. The molecule has 0 heterocycles. The van der Waals surface area contributed by atoms with Gasteiger partial charge in [-0.1, -0.05) is 25.8 Å². The Morgan fingerprint density at radius 1 is 1.07 bits per heavy atom. The Hall–Kier alpha value is -2.45. The fourth-order valence-electron chi connectivity index (χ4n) is 2.58. The first-order chi connectivity index (χ1) is 13.9. The summed E-state index contributed by atoms with van der Waals surface area (Å²) in [6, 6.07) is 12.2. The number of amides is 2. The predicted octanol–water partition coefficient (Wildman–Crippen LogP) is 5.10. The molecule has 0 atom stereocenters. The molecule has 0 saturated heterocycles. The molecule has 6 nitrogen and oxygen atoms in total. The van der Waals surface area contributed by atoms with Crippen LogP contribution in [0.25, 0.3) is 0 Å². The second-order valence-corrected chi connectivity index (χ2v) is 7.61. The third-order valence-electron chi connectivity index (χ3n) is 4.05. The highest BCUT2D eigenvalue weighted by molar-refractivity contribution is 9.10. The molecular formula is C21H24BrN3O3S. The van der Waals surface area contributed by atoms with Crippen LogP contribution in [0.2, 0.25) is 0 Å². The van der Waals surface area contributed by atoms with Crippen molar-refractivity contribution in [2.24, 2.45) is 0 Å². The van der Waals surface area contributed by atoms with Gasteiger partial charge in [0.25, 0.3) is 5.91 Å². The van der Waals surface area contributed by atoms with Crippen LogP contribution in [0.5, 0.6) is 5.75 Å². The number of nitrogens with one attached hydrogen (secondary N) is 3. The molecule has 154 valence electrons. The maximum atomic E-state index is 12.4. The summed E-state index contributed by atoms with van der Waals surface area (Å²) in [7, 11) is 1.56. The van der Waals surface area contributed by atoms with Gasteiger partial charge >= 0.3 is 0 Å². The molecule has 0 saturated carbocycles. The number of carbonyl (C=O) groups excluding carboxylic acids is 2. The van der Waals surface area contributed by atoms with Crippen LogP contribution >= 0.6 is 28.1 Å². The minimum absolute atomic E-state index is 0.0171. The molecule has 2 aromatic carbocycles. The number of methoxy groups -OCH3 is 1. The fourth-order valence-corrected chi connectivity index (χ4v) is 3.33. The number of benzene rings is 2. The van der Waals surface area contributed by atoms with E-state index in [9.17, 15) is 9.59 Å². The first-order valence-electron chi connectivity index (χ1n) is 9.28. The number of hydrogen-bond acceptors (Lipinski definition) is 4. The molecule has 0 unspecified atom stereocenters. The second kappa shape index (κ2) is 11.5. The van der Waals surface area contributed by atoms with E-state index in [1.807, 2.05) is 0 Å². The lowest BCUT2D eigenvalue weighted by Gasteiger charge is -2.12. The largest absolute Gasteiger partial charge is 0.496 e. The zero-order valence-corrected chi connectivity index (χ0v) is 18.8. The van der Waals surface area contributed by atoms with Gasteiger partial charge in [0.1, 0.15) is 5.75 Å². The van der Waals surface area contributed by atoms with Crippen LogP contribution in [0.4, 0.5) is 11.4 Å². The van der Waals surface area contributed by atoms with Crippen molar-refractivity contribution in [1.82, 2.24) is 5.32 Å². The highest BCUT2D eigenvalue weighted by atomic mass is 79.9. The van der Waals surface area contributed by atoms with Crippen molar-refractivity contribution in [2.45, 2.75) is 32.6 Å². The van der Waals surface area contributed by atoms with Crippen LogP contribution in [0.1, 0.15) is 43.0 Å². The molecule has 0 fully saturated rings. The number of unbranched alkanes of at least 4 members (excludes halogenated alkanes) is 2. The monoisotopic (exact) mass is 477 g/mol. The van der Waals surface area contributed by atoms with Crippen LogP contribution in [-0.2, 0) is 4.79 Å². The van der Waals surface area contributed by atoms with Gasteiger partial charge in [-0.25, -0.2) is 0 Å². The average molecular weight is 478 g/mol. The molecule has 0 aliphatic rings. The molecule has 0 aliphatic carbocycles. The normalized spacial score (nSPS) is 10.2. The fraction of sp³-hybridized carbons (Fsp3) is 0.286. The minimum Gasteiger partial charge on any atom is -0.496 e. The number of halogens is 1. The molecule has 0 spiro atoms. The van der Waals surface area contributed by atoms with Crippen molar-refractivity contribution < 1.29 is 14.3 Å². The number of hydrogen-bond donors (Lipinski definition) is 3. The third-order valence-corrected chi connectivity index (χ3v) is 4.88. The molecule has 0 aliphatic heterocycles. The van der Waals surface area contributed by atoms with Crippen molar-refractivity contribution >= 4 is 56.4 Å². The lowest BCUT2D eigenvalue weighted by molar-refractivity contribution is -0.116. The quantitative estimate of drug-likeness (QED) is 0.363. The van der Waals surface area contributed by atoms with E-state index in [-0.39, 0.29) is 16.9 Å². The lowest BCUT2D eigenvalue weighted by Crippen LogP contribution is -2.34. The zero-order chi connectivity index (χ0) is 21.2. The van der Waals surface area contributed by atoms with Crippen molar-refractivity contribution in [3.8, 4) is 5.75 Å². The summed E-state index contributed by atoms with van der Waals surface area (Å²) in [6.45, 7) is 2.10. The number of thiocarbonyl (C=S) groups is 1. The van der Waals surface area contributed by atoms with Gasteiger partial charge in [-0.05, 0) is 71.0 Å². The summed E-state index contributed by atoms with van der Waals surface area (Å²) in [5.41, 5.74) is 1.78. The Bertz CT molecular complexity index is 889. The zero-order valence-electron chi connectivity index (χ0n) is 16.4. The van der Waals surface area contributed by atoms with Crippen molar-refractivity contribution in [2.75, 3.05) is 17.7 Å². The Morgan fingerprint density at radius 3 is 2.45 bits per heavy atom. The Kier molecular flexibility index (Phi) is 9.08. The standard InChI is InChI=1S/C21H24BrN3O3S/c1-3-4-5-9-19(26)23-15-7-6-8-16(13-15)24-21(29)25-20(27)14-10-11-18(28-2)17(22)12-14/h6-8,10-13H,3-5,9H2,1-2H3,(H,23,26)(H2,24,25,27,29). The SMILES string of the molecule is CCCCCC(=O)Nc1cccc(NC(=S)NC(=O)c2ccc(OC)c(Br)c2)c1. The van der Waals surface area contributed by atoms with Crippen molar-refractivity contribution in [3.05, 3.63) is 52.5 Å². The number of rotatable bonds is 8. The van der Waals surface area contributed by atoms with E-state index in [2.05, 4.69) is 38.8 Å². The highest BCUT2D eigenvalue weighted by Gasteiger charge is 2.11. The molecule has 0 radical (unpaired) electrons. The van der Waals surface area contributed by atoms with Gasteiger partial charge in [0.15, 0.2) is 5.11 Å². The van der Waals surface area contributed by atoms with E-state index in [4.69, 9.17) is 17.0 Å². The number of anilines is 2. The molecule has 2 amide bonds. The van der Waals surface area contributed by atoms with Gasteiger partial charge in [0.2, 0.25) is 5.91 Å². The summed E-state index contributed by atoms with van der Waals surface area (Å²) in [5.74, 6) is 0.276. The Labute approximate surface area is 184 Å². The van der Waals surface area contributed by atoms with Gasteiger partial charge in [-0.15, -0.1) is 0 Å². The van der Waals surface area contributed by atoms with Crippen LogP contribution in [-0.4, -0.2) is 24.0 Å². The van der Waals surface area contributed by atoms with E-state index >= 15 is 0 Å².